The third-order valence-electron chi connectivity index (χ3n) is 8.54. The van der Waals surface area contributed by atoms with Crippen LogP contribution in [-0.4, -0.2) is 54.2 Å². The zero-order valence-corrected chi connectivity index (χ0v) is 25.6. The zero-order valence-electron chi connectivity index (χ0n) is 24.1. The van der Waals surface area contributed by atoms with Crippen molar-refractivity contribution < 1.29 is 9.59 Å². The van der Waals surface area contributed by atoms with Crippen LogP contribution in [0.3, 0.4) is 0 Å². The van der Waals surface area contributed by atoms with Crippen LogP contribution in [0.1, 0.15) is 43.9 Å². The minimum atomic E-state index is -0.488. The van der Waals surface area contributed by atoms with Crippen LogP contribution in [-0.2, 0) is 16.1 Å². The SMILES string of the molecule is CC1(C)CC(=O)C2=C(C1)Nc1ccccc1N(CC(=O)N1CCN(Cc3ccccc3)CC1)C2c1ccc(Cl)c(Cl)c1. The number of Topliss-reactive ketones (excluding diaryl/α,β-unsaturated/α-hetero) is 1. The van der Waals surface area contributed by atoms with E-state index in [4.69, 9.17) is 23.2 Å². The number of nitrogens with one attached hydrogen (secondary N) is 1. The Balaban J connectivity index is 1.33. The van der Waals surface area contributed by atoms with E-state index in [0.29, 0.717) is 35.1 Å². The lowest BCUT2D eigenvalue weighted by molar-refractivity contribution is -0.131. The minimum Gasteiger partial charge on any atom is -0.357 e. The van der Waals surface area contributed by atoms with Crippen LogP contribution >= 0.6 is 23.2 Å². The van der Waals surface area contributed by atoms with Crippen molar-refractivity contribution in [3.63, 3.8) is 0 Å². The molecule has 0 spiro atoms. The van der Waals surface area contributed by atoms with Gasteiger partial charge in [0.25, 0.3) is 0 Å². The van der Waals surface area contributed by atoms with Gasteiger partial charge in [0, 0.05) is 50.4 Å². The third kappa shape index (κ3) is 5.94. The van der Waals surface area contributed by atoms with E-state index in [1.807, 2.05) is 47.4 Å². The van der Waals surface area contributed by atoms with Crippen molar-refractivity contribution in [2.24, 2.45) is 5.41 Å². The molecule has 8 heteroatoms. The van der Waals surface area contributed by atoms with E-state index in [1.165, 1.54) is 5.56 Å². The second kappa shape index (κ2) is 11.8. The van der Waals surface area contributed by atoms with Gasteiger partial charge in [-0.1, -0.05) is 85.6 Å². The number of amides is 1. The molecule has 3 aromatic carbocycles. The average molecular weight is 604 g/mol. The summed E-state index contributed by atoms with van der Waals surface area (Å²) >= 11 is 12.9. The van der Waals surface area contributed by atoms with E-state index in [9.17, 15) is 9.59 Å². The molecule has 6 nitrogen and oxygen atoms in total. The van der Waals surface area contributed by atoms with Gasteiger partial charge in [0.05, 0.1) is 34.0 Å². The fourth-order valence-corrected chi connectivity index (χ4v) is 6.81. The van der Waals surface area contributed by atoms with Crippen LogP contribution in [0, 0.1) is 5.41 Å². The molecule has 0 bridgehead atoms. The predicted octanol–water partition coefficient (Wildman–Crippen LogP) is 6.95. The van der Waals surface area contributed by atoms with Crippen molar-refractivity contribution in [1.82, 2.24) is 9.80 Å². The molecular formula is C34H36Cl2N4O2. The molecule has 6 rings (SSSR count). The standard InChI is InChI=1S/C34H36Cl2N4O2/c1-34(2)19-28-32(30(41)20-34)33(24-12-13-25(35)26(36)18-24)40(29-11-7-6-10-27(29)37-28)22-31(42)39-16-14-38(15-17-39)21-23-8-4-3-5-9-23/h3-13,18,33,37H,14-17,19-22H2,1-2H3. The summed E-state index contributed by atoms with van der Waals surface area (Å²) in [6.07, 6.45) is 1.16. The number of benzene rings is 3. The van der Waals surface area contributed by atoms with E-state index >= 15 is 0 Å². The molecule has 1 atom stereocenters. The second-order valence-corrected chi connectivity index (χ2v) is 13.1. The maximum absolute atomic E-state index is 14.0. The first-order chi connectivity index (χ1) is 20.2. The molecule has 3 aromatic rings. The molecule has 3 aliphatic rings. The maximum Gasteiger partial charge on any atom is 0.242 e. The highest BCUT2D eigenvalue weighted by Gasteiger charge is 2.42. The summed E-state index contributed by atoms with van der Waals surface area (Å²) in [5, 5.41) is 4.49. The molecule has 2 heterocycles. The lowest BCUT2D eigenvalue weighted by Crippen LogP contribution is -2.51. The van der Waals surface area contributed by atoms with Gasteiger partial charge in [-0.15, -0.1) is 0 Å². The first-order valence-corrected chi connectivity index (χ1v) is 15.3. The Labute approximate surface area is 257 Å². The fourth-order valence-electron chi connectivity index (χ4n) is 6.50. The molecule has 1 N–H and O–H groups in total. The molecular weight excluding hydrogens is 567 g/mol. The van der Waals surface area contributed by atoms with Gasteiger partial charge in [0.1, 0.15) is 0 Å². The topological polar surface area (TPSA) is 55.9 Å². The molecule has 42 heavy (non-hydrogen) atoms. The Kier molecular flexibility index (Phi) is 8.05. The van der Waals surface area contributed by atoms with E-state index < -0.39 is 6.04 Å². The molecule has 1 saturated heterocycles. The number of ketones is 1. The van der Waals surface area contributed by atoms with Gasteiger partial charge in [-0.2, -0.15) is 0 Å². The van der Waals surface area contributed by atoms with Crippen molar-refractivity contribution in [2.75, 3.05) is 42.9 Å². The Morgan fingerprint density at radius 2 is 1.62 bits per heavy atom. The van der Waals surface area contributed by atoms with Crippen LogP contribution in [0.4, 0.5) is 11.4 Å². The highest BCUT2D eigenvalue weighted by atomic mass is 35.5. The Morgan fingerprint density at radius 3 is 2.36 bits per heavy atom. The van der Waals surface area contributed by atoms with Crippen LogP contribution in [0.2, 0.25) is 10.0 Å². The van der Waals surface area contributed by atoms with Gasteiger partial charge in [-0.25, -0.2) is 0 Å². The lowest BCUT2D eigenvalue weighted by Gasteiger charge is -2.40. The molecule has 1 fully saturated rings. The van der Waals surface area contributed by atoms with Crippen LogP contribution in [0.15, 0.2) is 84.1 Å². The number of carbonyl (C=O) groups is 2. The number of nitrogens with zero attached hydrogens (tertiary/aromatic N) is 3. The summed E-state index contributed by atoms with van der Waals surface area (Å²) in [4.78, 5) is 34.3. The van der Waals surface area contributed by atoms with Crippen molar-refractivity contribution in [1.29, 1.82) is 0 Å². The van der Waals surface area contributed by atoms with Crippen molar-refractivity contribution in [3.05, 3.63) is 105 Å². The summed E-state index contributed by atoms with van der Waals surface area (Å²) in [6.45, 7) is 8.23. The number of hydrogen-bond donors (Lipinski definition) is 1. The molecule has 0 saturated carbocycles. The molecule has 218 valence electrons. The lowest BCUT2D eigenvalue weighted by atomic mass is 9.73. The second-order valence-electron chi connectivity index (χ2n) is 12.3. The van der Waals surface area contributed by atoms with Gasteiger partial charge in [0.2, 0.25) is 5.91 Å². The van der Waals surface area contributed by atoms with E-state index in [-0.39, 0.29) is 23.7 Å². The minimum absolute atomic E-state index is 0.0434. The summed E-state index contributed by atoms with van der Waals surface area (Å²) in [5.74, 6) is 0.131. The summed E-state index contributed by atoms with van der Waals surface area (Å²) in [5.41, 5.74) is 5.31. The van der Waals surface area contributed by atoms with Gasteiger partial charge in [0.15, 0.2) is 5.78 Å². The quantitative estimate of drug-likeness (QED) is 0.342. The highest BCUT2D eigenvalue weighted by molar-refractivity contribution is 6.42. The number of anilines is 2. The number of halogens is 2. The van der Waals surface area contributed by atoms with Gasteiger partial charge in [-0.05, 0) is 47.2 Å². The van der Waals surface area contributed by atoms with E-state index in [0.717, 1.165) is 48.7 Å². The van der Waals surface area contributed by atoms with Crippen molar-refractivity contribution in [2.45, 2.75) is 39.3 Å². The monoisotopic (exact) mass is 602 g/mol. The molecule has 0 aromatic heterocycles. The number of allylic oxidation sites excluding steroid dienone is 1. The van der Waals surface area contributed by atoms with Gasteiger partial charge >= 0.3 is 0 Å². The molecule has 2 aliphatic heterocycles. The van der Waals surface area contributed by atoms with Crippen LogP contribution < -0.4 is 10.2 Å². The Morgan fingerprint density at radius 1 is 0.905 bits per heavy atom. The zero-order chi connectivity index (χ0) is 29.4. The smallest absolute Gasteiger partial charge is 0.242 e. The Bertz CT molecular complexity index is 1530. The average Bonchev–Trinajstić information content (AvgIpc) is 3.09. The summed E-state index contributed by atoms with van der Waals surface area (Å²) in [7, 11) is 0. The van der Waals surface area contributed by atoms with Gasteiger partial charge < -0.3 is 15.1 Å². The first-order valence-electron chi connectivity index (χ1n) is 14.6. The van der Waals surface area contributed by atoms with Gasteiger partial charge in [-0.3, -0.25) is 14.5 Å². The largest absolute Gasteiger partial charge is 0.357 e. The summed E-state index contributed by atoms with van der Waals surface area (Å²) < 4.78 is 0. The van der Waals surface area contributed by atoms with E-state index in [1.54, 1.807) is 6.07 Å². The highest BCUT2D eigenvalue weighted by Crippen LogP contribution is 2.48. The first kappa shape index (κ1) is 28.8. The number of para-hydroxylation sites is 2. The Hall–Kier alpha value is -3.32. The number of fused-ring (bicyclic) bond motifs is 1. The molecule has 0 radical (unpaired) electrons. The van der Waals surface area contributed by atoms with Crippen LogP contribution in [0.25, 0.3) is 0 Å². The predicted molar refractivity (Wildman–Crippen MR) is 170 cm³/mol. The number of hydrogen-bond acceptors (Lipinski definition) is 5. The third-order valence-corrected chi connectivity index (χ3v) is 9.28. The van der Waals surface area contributed by atoms with Crippen molar-refractivity contribution in [3.8, 4) is 0 Å². The fraction of sp³-hybridized carbons (Fsp3) is 0.353. The molecule has 1 aliphatic carbocycles. The maximum atomic E-state index is 14.0. The normalized spacial score (nSPS) is 20.5. The molecule has 1 amide bonds. The van der Waals surface area contributed by atoms with Crippen molar-refractivity contribution >= 4 is 46.3 Å². The number of piperazine rings is 1. The van der Waals surface area contributed by atoms with E-state index in [2.05, 4.69) is 53.2 Å². The number of carbonyl (C=O) groups excluding carboxylic acids is 2. The molecule has 1 unspecified atom stereocenters. The summed E-state index contributed by atoms with van der Waals surface area (Å²) in [6, 6.07) is 23.5. The number of rotatable bonds is 5. The van der Waals surface area contributed by atoms with Crippen LogP contribution in [0.5, 0.6) is 0 Å².